The molecular formula is C64H113N9O29. The molecule has 9 amide bonds. The van der Waals surface area contributed by atoms with Crippen LogP contribution >= 0.6 is 0 Å². The van der Waals surface area contributed by atoms with Gasteiger partial charge in [0.25, 0.3) is 0 Å². The number of carbonyl (C=O) groups excluding carboxylic acids is 9. The number of nitrogens with one attached hydrogen (secondary N) is 9. The van der Waals surface area contributed by atoms with Gasteiger partial charge in [-0.3, -0.25) is 43.2 Å². The largest absolute Gasteiger partial charge is 0.394 e. The number of carbonyl (C=O) groups is 9. The molecule has 4 rings (SSSR count). The zero-order chi connectivity index (χ0) is 75.1. The van der Waals surface area contributed by atoms with Crippen molar-refractivity contribution in [2.24, 2.45) is 0 Å². The number of aliphatic hydroxyl groups excluding tert-OH is 10. The molecule has 588 valence electrons. The maximum absolute atomic E-state index is 13.8. The lowest BCUT2D eigenvalue weighted by atomic mass is 9.97. The fourth-order valence-electron chi connectivity index (χ4n) is 11.8. The van der Waals surface area contributed by atoms with E-state index in [2.05, 4.69) is 47.9 Å². The third-order valence-electron chi connectivity index (χ3n) is 17.3. The molecule has 3 heterocycles. The molecule has 102 heavy (non-hydrogen) atoms. The Morgan fingerprint density at radius 2 is 0.745 bits per heavy atom. The Balaban J connectivity index is 1.33. The highest BCUT2D eigenvalue weighted by Crippen LogP contribution is 2.26. The third kappa shape index (κ3) is 32.4. The van der Waals surface area contributed by atoms with E-state index in [9.17, 15) is 94.2 Å². The van der Waals surface area contributed by atoms with Crippen LogP contribution in [0, 0.1) is 0 Å². The van der Waals surface area contributed by atoms with E-state index < -0.39 is 184 Å². The number of rotatable bonds is 50. The summed E-state index contributed by atoms with van der Waals surface area (Å²) in [6.07, 6.45) is -10.8. The normalized spacial score (nSPS) is 28.4. The van der Waals surface area contributed by atoms with Crippen LogP contribution in [-0.2, 0) is 90.5 Å². The third-order valence-corrected chi connectivity index (χ3v) is 17.3. The average molecular weight is 1470 g/mol. The molecule has 19 N–H and O–H groups in total. The standard InChI is InChI=1S/C64H113N9O29/c1-36(77)68-51-57(88)54(85)44(33-74)100-62(51)97-28-25-94-22-19-65-47(81)17-15-40(60(91)66-20-23-95-26-29-98-63-52(69-37(2)78)58(89)55(86)45(34-75)101-63)72-50(84)18-16-41(61(92)67-21-24-96-27-30-99-64-53(70-38(3)79)59(90)56(87)46(35-76)102-64)71-48(82)13-11-9-7-5-6-8-10-12-14-49(83)73-42-31-39(80)32-43(42)93-4/h39-46,51-59,62-64,74-76,80,85-90H,5-35H2,1-4H3,(H,65,81)(H,66,91)(H,67,92)(H,68,77)(H,69,78)(H,70,79)(H,71,82)(H,72,84)(H,73,83)/t39-,40?,41?,42-,43+,44?,45+,46?,51?,52?,53?,54?,55?,56?,57?,58?,59?,62?,63?,64?/m0/s1. The van der Waals surface area contributed by atoms with Gasteiger partial charge >= 0.3 is 0 Å². The maximum atomic E-state index is 13.8. The smallest absolute Gasteiger partial charge is 0.242 e. The number of hydrogen-bond acceptors (Lipinski definition) is 29. The van der Waals surface area contributed by atoms with E-state index in [1.807, 2.05) is 0 Å². The SMILES string of the molecule is CO[C@@H]1C[C@@H](O)C[C@@H]1NC(=O)CCCCCCCCCCC(=O)NC(CCC(=O)NC(CCC(=O)NCCOCCOC1OC(CO)C(O)C(O)C1NC(C)=O)C(=O)NCCOCCOC1O[C@H](CO)C(O)C(O)C1NC(C)=O)C(=O)NCCOCCOC1OC(CO)C(O)C(O)C1NC(C)=O. The van der Waals surface area contributed by atoms with Crippen LogP contribution in [0.2, 0.25) is 0 Å². The molecule has 20 atom stereocenters. The second kappa shape index (κ2) is 49.3. The van der Waals surface area contributed by atoms with Crippen molar-refractivity contribution in [1.29, 1.82) is 0 Å². The second-order valence-electron chi connectivity index (χ2n) is 25.4. The molecule has 38 nitrogen and oxygen atoms in total. The molecule has 38 heteroatoms. The Labute approximate surface area is 592 Å². The summed E-state index contributed by atoms with van der Waals surface area (Å²) >= 11 is 0. The van der Waals surface area contributed by atoms with E-state index >= 15 is 0 Å². The van der Waals surface area contributed by atoms with Crippen LogP contribution in [0.3, 0.4) is 0 Å². The average Bonchev–Trinajstić information content (AvgIpc) is 1.03. The van der Waals surface area contributed by atoms with Crippen LogP contribution in [0.4, 0.5) is 0 Å². The van der Waals surface area contributed by atoms with E-state index in [4.69, 9.17) is 47.4 Å². The van der Waals surface area contributed by atoms with Gasteiger partial charge in [0.2, 0.25) is 53.2 Å². The van der Waals surface area contributed by atoms with Crippen molar-refractivity contribution in [3.05, 3.63) is 0 Å². The minimum Gasteiger partial charge on any atom is -0.394 e. The molecule has 0 bridgehead atoms. The minimum atomic E-state index is -1.54. The summed E-state index contributed by atoms with van der Waals surface area (Å²) in [7, 11) is 1.56. The van der Waals surface area contributed by atoms with Crippen molar-refractivity contribution in [1.82, 2.24) is 47.9 Å². The second-order valence-corrected chi connectivity index (χ2v) is 25.4. The molecule has 3 aliphatic heterocycles. The van der Waals surface area contributed by atoms with Crippen LogP contribution in [0.15, 0.2) is 0 Å². The first-order chi connectivity index (χ1) is 48.8. The molecule has 0 radical (unpaired) electrons. The number of aliphatic hydroxyl groups is 10. The van der Waals surface area contributed by atoms with Crippen molar-refractivity contribution >= 4 is 53.2 Å². The Morgan fingerprint density at radius 1 is 0.402 bits per heavy atom. The van der Waals surface area contributed by atoms with Gasteiger partial charge in [0.1, 0.15) is 85.1 Å². The fourth-order valence-corrected chi connectivity index (χ4v) is 11.8. The summed E-state index contributed by atoms with van der Waals surface area (Å²) in [5, 5.41) is 125. The predicted molar refractivity (Wildman–Crippen MR) is 352 cm³/mol. The summed E-state index contributed by atoms with van der Waals surface area (Å²) < 4.78 is 55.8. The van der Waals surface area contributed by atoms with E-state index in [1.165, 1.54) is 20.8 Å². The first-order valence-electron chi connectivity index (χ1n) is 35.0. The van der Waals surface area contributed by atoms with Gasteiger partial charge in [-0.2, -0.15) is 0 Å². The first-order valence-corrected chi connectivity index (χ1v) is 35.0. The quantitative estimate of drug-likeness (QED) is 0.0252. The Bertz CT molecular complexity index is 2500. The van der Waals surface area contributed by atoms with Crippen LogP contribution in [0.5, 0.6) is 0 Å². The molecule has 1 saturated carbocycles. The Kier molecular flexibility index (Phi) is 42.9. The van der Waals surface area contributed by atoms with Crippen molar-refractivity contribution in [3.8, 4) is 0 Å². The lowest BCUT2D eigenvalue weighted by molar-refractivity contribution is -0.272. The van der Waals surface area contributed by atoms with Gasteiger partial charge in [-0.05, 0) is 32.1 Å². The van der Waals surface area contributed by atoms with E-state index in [-0.39, 0.29) is 123 Å². The summed E-state index contributed by atoms with van der Waals surface area (Å²) in [5.74, 6) is -4.87. The number of hydrogen-bond donors (Lipinski definition) is 19. The molecule has 4 aliphatic rings. The van der Waals surface area contributed by atoms with Crippen molar-refractivity contribution in [2.45, 2.75) is 246 Å². The highest BCUT2D eigenvalue weighted by Gasteiger charge is 2.48. The number of methoxy groups -OCH3 is 1. The van der Waals surface area contributed by atoms with Crippen LogP contribution < -0.4 is 47.9 Å². The Hall–Kier alpha value is -5.57. The van der Waals surface area contributed by atoms with Crippen LogP contribution in [0.25, 0.3) is 0 Å². The zero-order valence-electron chi connectivity index (χ0n) is 58.7. The monoisotopic (exact) mass is 1470 g/mol. The number of ether oxygens (including phenoxy) is 10. The van der Waals surface area contributed by atoms with Gasteiger partial charge in [0, 0.05) is 79.6 Å². The van der Waals surface area contributed by atoms with Gasteiger partial charge in [-0.25, -0.2) is 0 Å². The van der Waals surface area contributed by atoms with Gasteiger partial charge < -0.3 is 146 Å². The summed E-state index contributed by atoms with van der Waals surface area (Å²) in [6, 6.07) is -6.36. The van der Waals surface area contributed by atoms with Crippen molar-refractivity contribution in [2.75, 3.05) is 106 Å². The topological polar surface area (TPSA) is 556 Å². The summed E-state index contributed by atoms with van der Waals surface area (Å²) in [5.41, 5.74) is 0. The molecule has 3 saturated heterocycles. The molecular weight excluding hydrogens is 1360 g/mol. The lowest BCUT2D eigenvalue weighted by Crippen LogP contribution is -2.64. The molecule has 0 aromatic heterocycles. The summed E-state index contributed by atoms with van der Waals surface area (Å²) in [4.78, 5) is 116. The highest BCUT2D eigenvalue weighted by molar-refractivity contribution is 5.90. The van der Waals surface area contributed by atoms with Crippen molar-refractivity contribution < 1.29 is 142 Å². The molecule has 0 aromatic carbocycles. The van der Waals surface area contributed by atoms with E-state index in [0.29, 0.717) is 38.5 Å². The molecule has 1 aliphatic carbocycles. The van der Waals surface area contributed by atoms with Gasteiger partial charge in [0.15, 0.2) is 18.9 Å². The highest BCUT2D eigenvalue weighted by atomic mass is 16.7. The van der Waals surface area contributed by atoms with Crippen LogP contribution in [0.1, 0.15) is 124 Å². The fraction of sp³-hybridized carbons (Fsp3) is 0.859. The Morgan fingerprint density at radius 3 is 1.11 bits per heavy atom. The van der Waals surface area contributed by atoms with Crippen LogP contribution in [-0.4, -0.2) is 333 Å². The van der Waals surface area contributed by atoms with E-state index in [1.54, 1.807) is 7.11 Å². The summed E-state index contributed by atoms with van der Waals surface area (Å²) in [6.45, 7) is 0.452. The number of unbranched alkanes of at least 4 members (excludes halogenated alkanes) is 7. The molecule has 16 unspecified atom stereocenters. The minimum absolute atomic E-state index is 0.0204. The zero-order valence-corrected chi connectivity index (χ0v) is 58.7. The van der Waals surface area contributed by atoms with Gasteiger partial charge in [0.05, 0.1) is 97.5 Å². The van der Waals surface area contributed by atoms with Crippen molar-refractivity contribution in [3.63, 3.8) is 0 Å². The first kappa shape index (κ1) is 88.8. The van der Waals surface area contributed by atoms with E-state index in [0.717, 1.165) is 32.1 Å². The molecule has 0 aromatic rings. The van der Waals surface area contributed by atoms with Gasteiger partial charge in [-0.15, -0.1) is 0 Å². The van der Waals surface area contributed by atoms with Gasteiger partial charge in [-0.1, -0.05) is 38.5 Å². The predicted octanol–water partition coefficient (Wildman–Crippen LogP) is -7.65. The lowest BCUT2D eigenvalue weighted by Gasteiger charge is -2.42. The molecule has 0 spiro atoms. The maximum Gasteiger partial charge on any atom is 0.242 e. The molecule has 4 fully saturated rings. The number of amides is 9.